The zero-order valence-electron chi connectivity index (χ0n) is 13.0. The normalized spacial score (nSPS) is 10.8. The molecule has 0 bridgehead atoms. The fourth-order valence-electron chi connectivity index (χ4n) is 2.31. The molecule has 0 atom stereocenters. The minimum absolute atomic E-state index is 0.0487. The van der Waals surface area contributed by atoms with Crippen LogP contribution in [0, 0.1) is 12.7 Å². The van der Waals surface area contributed by atoms with Crippen molar-refractivity contribution >= 4 is 5.97 Å². The average molecular weight is 331 g/mol. The van der Waals surface area contributed by atoms with E-state index in [1.54, 1.807) is 19.1 Å². The smallest absolute Gasteiger partial charge is 0.358 e. The molecular formula is C16H14FN3O4. The summed E-state index contributed by atoms with van der Waals surface area (Å²) >= 11 is 0. The van der Waals surface area contributed by atoms with Gasteiger partial charge in [0.25, 0.3) is 0 Å². The molecule has 2 aromatic heterocycles. The molecule has 0 radical (unpaired) electrons. The first kappa shape index (κ1) is 15.7. The number of benzene rings is 1. The van der Waals surface area contributed by atoms with Crippen molar-refractivity contribution in [2.75, 3.05) is 0 Å². The van der Waals surface area contributed by atoms with Crippen LogP contribution in [0.15, 0.2) is 35.0 Å². The minimum Gasteiger partial charge on any atom is -0.484 e. The molecule has 3 rings (SSSR count). The van der Waals surface area contributed by atoms with Gasteiger partial charge in [-0.2, -0.15) is 5.10 Å². The van der Waals surface area contributed by atoms with E-state index in [1.807, 2.05) is 0 Å². The SMILES string of the molecule is Cc1onc(-c2ccc(F)cc2)c1COc1cnn(C)c1C(=O)O. The molecule has 124 valence electrons. The number of aromatic nitrogens is 3. The summed E-state index contributed by atoms with van der Waals surface area (Å²) < 4.78 is 25.1. The second-order valence-corrected chi connectivity index (χ2v) is 5.15. The molecule has 8 heteroatoms. The number of rotatable bonds is 5. The average Bonchev–Trinajstić information content (AvgIpc) is 3.09. The van der Waals surface area contributed by atoms with E-state index < -0.39 is 5.97 Å². The molecule has 7 nitrogen and oxygen atoms in total. The van der Waals surface area contributed by atoms with Crippen LogP contribution in [0.3, 0.4) is 0 Å². The molecule has 0 saturated heterocycles. The molecular weight excluding hydrogens is 317 g/mol. The van der Waals surface area contributed by atoms with Gasteiger partial charge in [-0.3, -0.25) is 4.68 Å². The Kier molecular flexibility index (Phi) is 4.03. The van der Waals surface area contributed by atoms with Crippen molar-refractivity contribution in [3.8, 4) is 17.0 Å². The minimum atomic E-state index is -1.13. The van der Waals surface area contributed by atoms with E-state index in [1.165, 1.54) is 30.1 Å². The third-order valence-corrected chi connectivity index (χ3v) is 3.58. The van der Waals surface area contributed by atoms with Crippen molar-refractivity contribution < 1.29 is 23.6 Å². The summed E-state index contributed by atoms with van der Waals surface area (Å²) in [5.41, 5.74) is 1.80. The van der Waals surface area contributed by atoms with Gasteiger partial charge < -0.3 is 14.4 Å². The Morgan fingerprint density at radius 3 is 2.75 bits per heavy atom. The molecule has 24 heavy (non-hydrogen) atoms. The predicted octanol–water partition coefficient (Wildman–Crippen LogP) is 2.80. The summed E-state index contributed by atoms with van der Waals surface area (Å²) in [6, 6.07) is 5.83. The third-order valence-electron chi connectivity index (χ3n) is 3.58. The second kappa shape index (κ2) is 6.15. The largest absolute Gasteiger partial charge is 0.484 e. The maximum Gasteiger partial charge on any atom is 0.358 e. The number of carbonyl (C=O) groups is 1. The molecule has 0 saturated carbocycles. The summed E-state index contributed by atoms with van der Waals surface area (Å²) in [4.78, 5) is 11.2. The van der Waals surface area contributed by atoms with Crippen molar-refractivity contribution in [1.29, 1.82) is 0 Å². The van der Waals surface area contributed by atoms with E-state index in [-0.39, 0.29) is 23.9 Å². The van der Waals surface area contributed by atoms with Crippen LogP contribution in [-0.2, 0) is 13.7 Å². The summed E-state index contributed by atoms with van der Waals surface area (Å²) in [5, 5.41) is 17.1. The van der Waals surface area contributed by atoms with Crippen LogP contribution in [0.5, 0.6) is 5.75 Å². The molecule has 0 fully saturated rings. The zero-order valence-corrected chi connectivity index (χ0v) is 13.0. The van der Waals surface area contributed by atoms with Crippen LogP contribution < -0.4 is 4.74 Å². The van der Waals surface area contributed by atoms with E-state index in [4.69, 9.17) is 9.26 Å². The monoisotopic (exact) mass is 331 g/mol. The Hall–Kier alpha value is -3.16. The van der Waals surface area contributed by atoms with E-state index >= 15 is 0 Å². The van der Waals surface area contributed by atoms with E-state index in [9.17, 15) is 14.3 Å². The van der Waals surface area contributed by atoms with Crippen LogP contribution in [0.25, 0.3) is 11.3 Å². The van der Waals surface area contributed by atoms with Gasteiger partial charge in [-0.1, -0.05) is 5.16 Å². The second-order valence-electron chi connectivity index (χ2n) is 5.15. The Balaban J connectivity index is 1.88. The number of halogens is 1. The van der Waals surface area contributed by atoms with Gasteiger partial charge in [0, 0.05) is 12.6 Å². The summed E-state index contributed by atoms with van der Waals surface area (Å²) in [6.07, 6.45) is 1.34. The van der Waals surface area contributed by atoms with E-state index in [2.05, 4.69) is 10.3 Å². The number of aromatic carboxylic acids is 1. The highest BCUT2D eigenvalue weighted by atomic mass is 19.1. The zero-order chi connectivity index (χ0) is 17.3. The summed E-state index contributed by atoms with van der Waals surface area (Å²) in [7, 11) is 1.52. The van der Waals surface area contributed by atoms with Gasteiger partial charge in [0.2, 0.25) is 0 Å². The van der Waals surface area contributed by atoms with Crippen molar-refractivity contribution in [2.24, 2.45) is 7.05 Å². The highest BCUT2D eigenvalue weighted by Gasteiger charge is 2.20. The van der Waals surface area contributed by atoms with Crippen molar-refractivity contribution in [2.45, 2.75) is 13.5 Å². The molecule has 0 unspecified atom stereocenters. The van der Waals surface area contributed by atoms with Gasteiger partial charge in [0.1, 0.15) is 23.9 Å². The number of hydrogen-bond donors (Lipinski definition) is 1. The highest BCUT2D eigenvalue weighted by molar-refractivity contribution is 5.88. The fraction of sp³-hybridized carbons (Fsp3) is 0.188. The van der Waals surface area contributed by atoms with Crippen LogP contribution >= 0.6 is 0 Å². The lowest BCUT2D eigenvalue weighted by Crippen LogP contribution is -2.08. The van der Waals surface area contributed by atoms with Gasteiger partial charge in [-0.05, 0) is 31.2 Å². The van der Waals surface area contributed by atoms with Crippen LogP contribution in [0.2, 0.25) is 0 Å². The van der Waals surface area contributed by atoms with E-state index in [0.717, 1.165) is 0 Å². The topological polar surface area (TPSA) is 90.4 Å². The summed E-state index contributed by atoms with van der Waals surface area (Å²) in [6.45, 7) is 1.77. The highest BCUT2D eigenvalue weighted by Crippen LogP contribution is 2.27. The molecule has 1 aromatic carbocycles. The number of nitrogens with zero attached hydrogens (tertiary/aromatic N) is 3. The van der Waals surface area contributed by atoms with Crippen LogP contribution in [-0.4, -0.2) is 26.0 Å². The van der Waals surface area contributed by atoms with Gasteiger partial charge >= 0.3 is 5.97 Å². The van der Waals surface area contributed by atoms with Gasteiger partial charge in [-0.15, -0.1) is 0 Å². The fourth-order valence-corrected chi connectivity index (χ4v) is 2.31. The molecule has 0 aliphatic heterocycles. The van der Waals surface area contributed by atoms with Crippen LogP contribution in [0.4, 0.5) is 4.39 Å². The van der Waals surface area contributed by atoms with Gasteiger partial charge in [0.05, 0.1) is 11.8 Å². The Morgan fingerprint density at radius 2 is 2.08 bits per heavy atom. The third kappa shape index (κ3) is 2.85. The van der Waals surface area contributed by atoms with Crippen molar-refractivity contribution in [3.63, 3.8) is 0 Å². The molecule has 2 heterocycles. The molecule has 0 amide bonds. The predicted molar refractivity (Wildman–Crippen MR) is 81.1 cm³/mol. The van der Waals surface area contributed by atoms with Crippen molar-refractivity contribution in [3.05, 3.63) is 53.3 Å². The molecule has 0 spiro atoms. The van der Waals surface area contributed by atoms with Crippen molar-refractivity contribution in [1.82, 2.24) is 14.9 Å². The first-order valence-electron chi connectivity index (χ1n) is 7.06. The number of aryl methyl sites for hydroxylation is 2. The Morgan fingerprint density at radius 1 is 1.38 bits per heavy atom. The number of carboxylic acids is 1. The maximum absolute atomic E-state index is 13.1. The molecule has 0 aliphatic carbocycles. The quantitative estimate of drug-likeness (QED) is 0.773. The van der Waals surface area contributed by atoms with Gasteiger partial charge in [-0.25, -0.2) is 9.18 Å². The Labute approximate surface area is 136 Å². The number of ether oxygens (including phenoxy) is 1. The lowest BCUT2D eigenvalue weighted by atomic mass is 10.1. The van der Waals surface area contributed by atoms with Crippen LogP contribution in [0.1, 0.15) is 21.8 Å². The standard InChI is InChI=1S/C16H14FN3O4/c1-9-12(8-23-13-7-18-20(2)15(13)16(21)22)14(19-24-9)10-3-5-11(17)6-4-10/h3-7H,8H2,1-2H3,(H,21,22). The molecule has 3 aromatic rings. The maximum atomic E-state index is 13.1. The van der Waals surface area contributed by atoms with E-state index in [0.29, 0.717) is 22.6 Å². The summed E-state index contributed by atoms with van der Waals surface area (Å²) in [5.74, 6) is -0.797. The lowest BCUT2D eigenvalue weighted by Gasteiger charge is -2.06. The molecule has 1 N–H and O–H groups in total. The first-order chi connectivity index (χ1) is 11.5. The lowest BCUT2D eigenvalue weighted by molar-refractivity contribution is 0.0679. The Bertz CT molecular complexity index is 883. The molecule has 0 aliphatic rings. The van der Waals surface area contributed by atoms with Gasteiger partial charge in [0.15, 0.2) is 11.4 Å². The number of hydrogen-bond acceptors (Lipinski definition) is 5. The number of carboxylic acid groups (broad SMARTS) is 1. The first-order valence-corrected chi connectivity index (χ1v) is 7.06.